The maximum Gasteiger partial charge on any atom is 0.0587 e. The van der Waals surface area contributed by atoms with Gasteiger partial charge >= 0.3 is 0 Å². The minimum absolute atomic E-state index is 0.431. The number of halogens is 1. The van der Waals surface area contributed by atoms with Gasteiger partial charge in [0, 0.05) is 36.6 Å². The molecule has 1 fully saturated rings. The van der Waals surface area contributed by atoms with E-state index in [2.05, 4.69) is 32.3 Å². The van der Waals surface area contributed by atoms with Crippen molar-refractivity contribution in [1.29, 1.82) is 0 Å². The lowest BCUT2D eigenvalue weighted by Crippen LogP contribution is -2.26. The molecule has 1 atom stereocenters. The summed E-state index contributed by atoms with van der Waals surface area (Å²) < 4.78 is 6.11. The Morgan fingerprint density at radius 2 is 2.38 bits per heavy atom. The highest BCUT2D eigenvalue weighted by molar-refractivity contribution is 9.10. The summed E-state index contributed by atoms with van der Waals surface area (Å²) in [5.74, 6) is 0.771. The van der Waals surface area contributed by atoms with Crippen LogP contribution in [0.1, 0.15) is 24.4 Å². The number of nitrogens with zero attached hydrogens (tertiary/aromatic N) is 1. The van der Waals surface area contributed by atoms with Crippen molar-refractivity contribution in [1.82, 2.24) is 10.3 Å². The van der Waals surface area contributed by atoms with Gasteiger partial charge in [-0.3, -0.25) is 4.98 Å². The summed E-state index contributed by atoms with van der Waals surface area (Å²) in [6.45, 7) is 1.65. The van der Waals surface area contributed by atoms with Crippen LogP contribution in [0.4, 0.5) is 0 Å². The van der Waals surface area contributed by atoms with E-state index in [1.807, 2.05) is 12.4 Å². The highest BCUT2D eigenvalue weighted by Crippen LogP contribution is 2.41. The van der Waals surface area contributed by atoms with Crippen molar-refractivity contribution < 1.29 is 4.74 Å². The largest absolute Gasteiger partial charge is 0.383 e. The Hall–Kier alpha value is -0.450. The topological polar surface area (TPSA) is 34.1 Å². The minimum atomic E-state index is 0.431. The standard InChI is InChI=1S/C12H17BrN2O/c1-16-5-4-15-12(9-2-3-9)10-6-11(13)8-14-7-10/h6-9,12,15H,2-5H2,1H3. The zero-order valence-electron chi connectivity index (χ0n) is 9.45. The average Bonchev–Trinajstić information content (AvgIpc) is 3.08. The zero-order chi connectivity index (χ0) is 11.4. The van der Waals surface area contributed by atoms with Crippen LogP contribution >= 0.6 is 15.9 Å². The zero-order valence-corrected chi connectivity index (χ0v) is 11.0. The molecule has 1 unspecified atom stereocenters. The molecular formula is C12H17BrN2O. The Labute approximate surface area is 105 Å². The maximum absolute atomic E-state index is 5.06. The number of pyridine rings is 1. The smallest absolute Gasteiger partial charge is 0.0587 e. The Balaban J connectivity index is 2.01. The number of aromatic nitrogens is 1. The minimum Gasteiger partial charge on any atom is -0.383 e. The fourth-order valence-electron chi connectivity index (χ4n) is 1.90. The van der Waals surface area contributed by atoms with Crippen LogP contribution in [-0.2, 0) is 4.74 Å². The van der Waals surface area contributed by atoms with Gasteiger partial charge in [-0.15, -0.1) is 0 Å². The molecule has 1 aliphatic carbocycles. The van der Waals surface area contributed by atoms with Gasteiger partial charge in [0.25, 0.3) is 0 Å². The molecule has 0 aliphatic heterocycles. The predicted molar refractivity (Wildman–Crippen MR) is 67.3 cm³/mol. The van der Waals surface area contributed by atoms with Gasteiger partial charge in [-0.1, -0.05) is 0 Å². The third-order valence-corrected chi connectivity index (χ3v) is 3.28. The average molecular weight is 285 g/mol. The normalized spacial score (nSPS) is 17.4. The first kappa shape index (κ1) is 12.0. The lowest BCUT2D eigenvalue weighted by Gasteiger charge is -2.18. The van der Waals surface area contributed by atoms with Crippen molar-refractivity contribution in [3.63, 3.8) is 0 Å². The molecule has 88 valence electrons. The molecule has 0 saturated heterocycles. The van der Waals surface area contributed by atoms with Crippen LogP contribution in [0.3, 0.4) is 0 Å². The molecule has 1 N–H and O–H groups in total. The molecule has 16 heavy (non-hydrogen) atoms. The molecule has 0 amide bonds. The van der Waals surface area contributed by atoms with Crippen LogP contribution < -0.4 is 5.32 Å². The van der Waals surface area contributed by atoms with Crippen LogP contribution in [0.25, 0.3) is 0 Å². The number of hydrogen-bond donors (Lipinski definition) is 1. The second kappa shape index (κ2) is 5.75. The molecule has 0 radical (unpaired) electrons. The number of hydrogen-bond acceptors (Lipinski definition) is 3. The van der Waals surface area contributed by atoms with Gasteiger partial charge in [-0.2, -0.15) is 0 Å². The molecule has 1 aliphatic rings. The monoisotopic (exact) mass is 284 g/mol. The van der Waals surface area contributed by atoms with Crippen molar-refractivity contribution in [2.75, 3.05) is 20.3 Å². The summed E-state index contributed by atoms with van der Waals surface area (Å²) in [5, 5.41) is 3.54. The molecule has 2 rings (SSSR count). The lowest BCUT2D eigenvalue weighted by molar-refractivity contribution is 0.194. The molecule has 1 aromatic rings. The van der Waals surface area contributed by atoms with Crippen LogP contribution in [0.5, 0.6) is 0 Å². The summed E-state index contributed by atoms with van der Waals surface area (Å²) >= 11 is 3.47. The number of rotatable bonds is 6. The van der Waals surface area contributed by atoms with Crippen molar-refractivity contribution in [2.45, 2.75) is 18.9 Å². The van der Waals surface area contributed by atoms with E-state index in [1.165, 1.54) is 18.4 Å². The first-order valence-electron chi connectivity index (χ1n) is 5.64. The van der Waals surface area contributed by atoms with Crippen LogP contribution in [-0.4, -0.2) is 25.2 Å². The molecule has 0 spiro atoms. The Bertz CT molecular complexity index is 342. The fourth-order valence-corrected chi connectivity index (χ4v) is 2.28. The highest BCUT2D eigenvalue weighted by Gasteiger charge is 2.32. The lowest BCUT2D eigenvalue weighted by atomic mass is 10.0. The molecule has 1 saturated carbocycles. The number of nitrogens with one attached hydrogen (secondary N) is 1. The van der Waals surface area contributed by atoms with E-state index in [-0.39, 0.29) is 0 Å². The van der Waals surface area contributed by atoms with E-state index in [0.29, 0.717) is 6.04 Å². The number of ether oxygens (including phenoxy) is 1. The van der Waals surface area contributed by atoms with Crippen LogP contribution in [0.2, 0.25) is 0 Å². The molecular weight excluding hydrogens is 268 g/mol. The van der Waals surface area contributed by atoms with Crippen molar-refractivity contribution >= 4 is 15.9 Å². The molecule has 3 nitrogen and oxygen atoms in total. The first-order chi connectivity index (χ1) is 7.81. The summed E-state index contributed by atoms with van der Waals surface area (Å²) in [6.07, 6.45) is 6.41. The molecule has 1 heterocycles. The van der Waals surface area contributed by atoms with E-state index >= 15 is 0 Å². The van der Waals surface area contributed by atoms with Gasteiger partial charge in [0.2, 0.25) is 0 Å². The van der Waals surface area contributed by atoms with E-state index in [4.69, 9.17) is 4.74 Å². The molecule has 4 heteroatoms. The molecule has 0 bridgehead atoms. The molecule has 1 aromatic heterocycles. The Morgan fingerprint density at radius 1 is 1.56 bits per heavy atom. The van der Waals surface area contributed by atoms with E-state index in [1.54, 1.807) is 7.11 Å². The highest BCUT2D eigenvalue weighted by atomic mass is 79.9. The van der Waals surface area contributed by atoms with E-state index < -0.39 is 0 Å². The summed E-state index contributed by atoms with van der Waals surface area (Å²) in [6, 6.07) is 2.58. The van der Waals surface area contributed by atoms with Crippen LogP contribution in [0, 0.1) is 5.92 Å². The summed E-state index contributed by atoms with van der Waals surface area (Å²) in [5.41, 5.74) is 1.27. The van der Waals surface area contributed by atoms with Gasteiger partial charge in [-0.05, 0) is 46.3 Å². The van der Waals surface area contributed by atoms with Gasteiger partial charge in [0.15, 0.2) is 0 Å². The quantitative estimate of drug-likeness (QED) is 0.816. The van der Waals surface area contributed by atoms with Gasteiger partial charge in [0.1, 0.15) is 0 Å². The second-order valence-electron chi connectivity index (χ2n) is 4.20. The Kier molecular flexibility index (Phi) is 4.32. The second-order valence-corrected chi connectivity index (χ2v) is 5.11. The van der Waals surface area contributed by atoms with Gasteiger partial charge in [0.05, 0.1) is 6.61 Å². The Morgan fingerprint density at radius 3 is 3.00 bits per heavy atom. The van der Waals surface area contributed by atoms with Crippen molar-refractivity contribution in [2.24, 2.45) is 5.92 Å². The van der Waals surface area contributed by atoms with Gasteiger partial charge < -0.3 is 10.1 Å². The van der Waals surface area contributed by atoms with E-state index in [0.717, 1.165) is 23.5 Å². The number of methoxy groups -OCH3 is 1. The van der Waals surface area contributed by atoms with Crippen LogP contribution in [0.15, 0.2) is 22.9 Å². The van der Waals surface area contributed by atoms with E-state index in [9.17, 15) is 0 Å². The summed E-state index contributed by atoms with van der Waals surface area (Å²) in [7, 11) is 1.73. The van der Waals surface area contributed by atoms with Crippen molar-refractivity contribution in [3.05, 3.63) is 28.5 Å². The first-order valence-corrected chi connectivity index (χ1v) is 6.43. The third kappa shape index (κ3) is 3.27. The van der Waals surface area contributed by atoms with Gasteiger partial charge in [-0.25, -0.2) is 0 Å². The predicted octanol–water partition coefficient (Wildman–Crippen LogP) is 2.53. The maximum atomic E-state index is 5.06. The van der Waals surface area contributed by atoms with Crippen molar-refractivity contribution in [3.8, 4) is 0 Å². The molecule has 0 aromatic carbocycles. The third-order valence-electron chi connectivity index (χ3n) is 2.85. The fraction of sp³-hybridized carbons (Fsp3) is 0.583. The summed E-state index contributed by atoms with van der Waals surface area (Å²) in [4.78, 5) is 4.23. The SMILES string of the molecule is COCCNC(c1cncc(Br)c1)C1CC1.